The molecule has 0 aliphatic carbocycles. The van der Waals surface area contributed by atoms with Gasteiger partial charge in [-0.25, -0.2) is 9.59 Å². The van der Waals surface area contributed by atoms with Gasteiger partial charge >= 0.3 is 11.9 Å². The first kappa shape index (κ1) is 15.0. The summed E-state index contributed by atoms with van der Waals surface area (Å²) in [5.41, 5.74) is 0.605. The summed E-state index contributed by atoms with van der Waals surface area (Å²) in [6.45, 7) is 0. The number of likely N-dealkylation sites (tertiary alicyclic amines) is 1. The lowest BCUT2D eigenvalue weighted by atomic mass is 10.0. The summed E-state index contributed by atoms with van der Waals surface area (Å²) >= 11 is 0. The van der Waals surface area contributed by atoms with E-state index < -0.39 is 24.0 Å². The van der Waals surface area contributed by atoms with Crippen molar-refractivity contribution < 1.29 is 23.9 Å². The number of nitrogens with zero attached hydrogens (tertiary/aromatic N) is 1. The van der Waals surface area contributed by atoms with Crippen LogP contribution in [0, 0.1) is 0 Å². The molecule has 1 aromatic rings. The van der Waals surface area contributed by atoms with E-state index in [4.69, 9.17) is 9.47 Å². The molecule has 0 radical (unpaired) electrons. The van der Waals surface area contributed by atoms with Crippen molar-refractivity contribution in [3.05, 3.63) is 35.9 Å². The maximum atomic E-state index is 12.2. The Bertz CT molecular complexity index is 542. The van der Waals surface area contributed by atoms with Gasteiger partial charge in [0.15, 0.2) is 6.04 Å². The average molecular weight is 291 g/mol. The molecule has 0 saturated carbocycles. The predicted molar refractivity (Wildman–Crippen MR) is 73.1 cm³/mol. The highest BCUT2D eigenvalue weighted by Crippen LogP contribution is 2.31. The zero-order valence-electron chi connectivity index (χ0n) is 11.9. The molecule has 2 rings (SSSR count). The fraction of sp³-hybridized carbons (Fsp3) is 0.400. The molecule has 1 saturated heterocycles. The zero-order chi connectivity index (χ0) is 15.4. The van der Waals surface area contributed by atoms with Crippen molar-refractivity contribution in [3.8, 4) is 0 Å². The van der Waals surface area contributed by atoms with Crippen molar-refractivity contribution in [2.45, 2.75) is 24.9 Å². The monoisotopic (exact) mass is 291 g/mol. The molecule has 1 heterocycles. The van der Waals surface area contributed by atoms with Crippen LogP contribution in [-0.4, -0.2) is 43.0 Å². The molecular weight excluding hydrogens is 274 g/mol. The van der Waals surface area contributed by atoms with Crippen molar-refractivity contribution in [1.29, 1.82) is 0 Å². The van der Waals surface area contributed by atoms with Crippen LogP contribution in [0.15, 0.2) is 30.3 Å². The molecule has 1 amide bonds. The SMILES string of the molecule is COC(=O)C1CCC(=O)N1C(C(=O)OC)c1ccccc1. The van der Waals surface area contributed by atoms with Crippen LogP contribution in [0.5, 0.6) is 0 Å². The number of hydrogen-bond acceptors (Lipinski definition) is 5. The normalized spacial score (nSPS) is 19.2. The van der Waals surface area contributed by atoms with Gasteiger partial charge in [-0.15, -0.1) is 0 Å². The first-order chi connectivity index (χ1) is 10.1. The molecule has 0 spiro atoms. The van der Waals surface area contributed by atoms with E-state index in [1.54, 1.807) is 30.3 Å². The quantitative estimate of drug-likeness (QED) is 0.776. The Morgan fingerprint density at radius 2 is 1.86 bits per heavy atom. The molecule has 0 bridgehead atoms. The molecule has 0 aromatic heterocycles. The standard InChI is InChI=1S/C15H17NO5/c1-20-14(18)11-8-9-12(17)16(11)13(15(19)21-2)10-6-4-3-5-7-10/h3-7,11,13H,8-9H2,1-2H3. The van der Waals surface area contributed by atoms with Gasteiger partial charge in [0.1, 0.15) is 6.04 Å². The smallest absolute Gasteiger partial charge is 0.333 e. The number of methoxy groups -OCH3 is 2. The molecule has 1 fully saturated rings. The Balaban J connectivity index is 2.42. The summed E-state index contributed by atoms with van der Waals surface area (Å²) < 4.78 is 9.53. The van der Waals surface area contributed by atoms with Crippen LogP contribution < -0.4 is 0 Å². The second-order valence-electron chi connectivity index (χ2n) is 4.72. The Morgan fingerprint density at radius 1 is 1.19 bits per heavy atom. The van der Waals surface area contributed by atoms with E-state index in [0.29, 0.717) is 12.0 Å². The first-order valence-electron chi connectivity index (χ1n) is 6.62. The minimum Gasteiger partial charge on any atom is -0.467 e. The molecule has 6 heteroatoms. The fourth-order valence-electron chi connectivity index (χ4n) is 2.55. The zero-order valence-corrected chi connectivity index (χ0v) is 11.9. The minimum absolute atomic E-state index is 0.208. The molecule has 2 unspecified atom stereocenters. The lowest BCUT2D eigenvalue weighted by Gasteiger charge is -2.30. The van der Waals surface area contributed by atoms with Crippen LogP contribution in [0.4, 0.5) is 0 Å². The maximum absolute atomic E-state index is 12.2. The van der Waals surface area contributed by atoms with Gasteiger partial charge in [0.25, 0.3) is 0 Å². The van der Waals surface area contributed by atoms with Crippen LogP contribution in [0.25, 0.3) is 0 Å². The van der Waals surface area contributed by atoms with Crippen LogP contribution >= 0.6 is 0 Å². The van der Waals surface area contributed by atoms with E-state index >= 15 is 0 Å². The molecule has 1 aliphatic heterocycles. The molecule has 1 aromatic carbocycles. The van der Waals surface area contributed by atoms with Crippen LogP contribution in [0.3, 0.4) is 0 Å². The van der Waals surface area contributed by atoms with Crippen LogP contribution in [-0.2, 0) is 23.9 Å². The fourth-order valence-corrected chi connectivity index (χ4v) is 2.55. The van der Waals surface area contributed by atoms with Crippen LogP contribution in [0.1, 0.15) is 24.4 Å². The highest BCUT2D eigenvalue weighted by molar-refractivity contribution is 5.92. The van der Waals surface area contributed by atoms with Gasteiger partial charge in [0.2, 0.25) is 5.91 Å². The van der Waals surface area contributed by atoms with Crippen molar-refractivity contribution in [2.24, 2.45) is 0 Å². The summed E-state index contributed by atoms with van der Waals surface area (Å²) in [6, 6.07) is 7.09. The first-order valence-corrected chi connectivity index (χ1v) is 6.62. The number of rotatable bonds is 4. The topological polar surface area (TPSA) is 72.9 Å². The minimum atomic E-state index is -0.935. The number of carbonyl (C=O) groups excluding carboxylic acids is 3. The van der Waals surface area contributed by atoms with Gasteiger partial charge in [0, 0.05) is 6.42 Å². The number of benzene rings is 1. The van der Waals surface area contributed by atoms with Crippen molar-refractivity contribution in [1.82, 2.24) is 4.90 Å². The van der Waals surface area contributed by atoms with E-state index in [1.165, 1.54) is 19.1 Å². The third-order valence-corrected chi connectivity index (χ3v) is 3.55. The lowest BCUT2D eigenvalue weighted by molar-refractivity contribution is -0.158. The van der Waals surface area contributed by atoms with Crippen molar-refractivity contribution >= 4 is 17.8 Å². The van der Waals surface area contributed by atoms with Gasteiger partial charge < -0.3 is 14.4 Å². The van der Waals surface area contributed by atoms with Gasteiger partial charge in [-0.3, -0.25) is 4.79 Å². The predicted octanol–water partition coefficient (Wildman–Crippen LogP) is 1.06. The van der Waals surface area contributed by atoms with E-state index in [0.717, 1.165) is 0 Å². The number of hydrogen-bond donors (Lipinski definition) is 0. The van der Waals surface area contributed by atoms with Gasteiger partial charge in [-0.2, -0.15) is 0 Å². The summed E-state index contributed by atoms with van der Waals surface area (Å²) in [4.78, 5) is 37.4. The Morgan fingerprint density at radius 3 is 2.43 bits per heavy atom. The summed E-state index contributed by atoms with van der Waals surface area (Å²) in [5.74, 6) is -1.36. The van der Waals surface area contributed by atoms with Crippen molar-refractivity contribution in [2.75, 3.05) is 14.2 Å². The largest absolute Gasteiger partial charge is 0.467 e. The maximum Gasteiger partial charge on any atom is 0.333 e. The number of carbonyl (C=O) groups is 3. The molecule has 21 heavy (non-hydrogen) atoms. The van der Waals surface area contributed by atoms with Crippen LogP contribution in [0.2, 0.25) is 0 Å². The highest BCUT2D eigenvalue weighted by Gasteiger charge is 2.44. The number of ether oxygens (including phenoxy) is 2. The molecule has 1 aliphatic rings. The second-order valence-corrected chi connectivity index (χ2v) is 4.72. The van der Waals surface area contributed by atoms with Gasteiger partial charge in [0.05, 0.1) is 14.2 Å². The number of esters is 2. The average Bonchev–Trinajstić information content (AvgIpc) is 2.89. The number of amides is 1. The lowest BCUT2D eigenvalue weighted by Crippen LogP contribution is -2.45. The Kier molecular flexibility index (Phi) is 4.57. The summed E-state index contributed by atoms with van der Waals surface area (Å²) in [5, 5.41) is 0. The van der Waals surface area contributed by atoms with Crippen molar-refractivity contribution in [3.63, 3.8) is 0 Å². The Hall–Kier alpha value is -2.37. The van der Waals surface area contributed by atoms with Gasteiger partial charge in [-0.05, 0) is 12.0 Å². The van der Waals surface area contributed by atoms with E-state index in [9.17, 15) is 14.4 Å². The highest BCUT2D eigenvalue weighted by atomic mass is 16.5. The molecule has 6 nitrogen and oxygen atoms in total. The molecule has 0 N–H and O–H groups in total. The summed E-state index contributed by atoms with van der Waals surface area (Å²) in [6.07, 6.45) is 0.548. The third kappa shape index (κ3) is 2.89. The van der Waals surface area contributed by atoms with E-state index in [1.807, 2.05) is 0 Å². The van der Waals surface area contributed by atoms with E-state index in [2.05, 4.69) is 0 Å². The third-order valence-electron chi connectivity index (χ3n) is 3.55. The molecular formula is C15H17NO5. The second kappa shape index (κ2) is 6.39. The van der Waals surface area contributed by atoms with E-state index in [-0.39, 0.29) is 12.3 Å². The van der Waals surface area contributed by atoms with Gasteiger partial charge in [-0.1, -0.05) is 30.3 Å². The molecule has 112 valence electrons. The summed E-state index contributed by atoms with van der Waals surface area (Å²) in [7, 11) is 2.52. The Labute approximate surface area is 122 Å². The molecule has 2 atom stereocenters.